The van der Waals surface area contributed by atoms with Crippen molar-refractivity contribution in [3.8, 4) is 11.5 Å². The van der Waals surface area contributed by atoms with Gasteiger partial charge in [0.15, 0.2) is 0 Å². The van der Waals surface area contributed by atoms with Crippen LogP contribution in [0.4, 0.5) is 0 Å². The molecule has 0 spiro atoms. The Morgan fingerprint density at radius 3 is 2.42 bits per heavy atom. The van der Waals surface area contributed by atoms with Crippen molar-refractivity contribution in [3.05, 3.63) is 71.3 Å². The second-order valence-electron chi connectivity index (χ2n) is 5.91. The zero-order valence-corrected chi connectivity index (χ0v) is 14.2. The largest absolute Gasteiger partial charge is 0.490 e. The molecule has 0 atom stereocenters. The predicted molar refractivity (Wildman–Crippen MR) is 98.7 cm³/mol. The van der Waals surface area contributed by atoms with Gasteiger partial charge in [-0.1, -0.05) is 36.4 Å². The second-order valence-corrected chi connectivity index (χ2v) is 5.91. The Hall–Kier alpha value is -2.52. The molecule has 3 nitrogen and oxygen atoms in total. The molecular formula is C21H23NO2. The Morgan fingerprint density at radius 2 is 1.62 bits per heavy atom. The van der Waals surface area contributed by atoms with Crippen LogP contribution in [-0.2, 0) is 6.54 Å². The monoisotopic (exact) mass is 321 g/mol. The van der Waals surface area contributed by atoms with E-state index in [4.69, 9.17) is 15.2 Å². The fourth-order valence-corrected chi connectivity index (χ4v) is 2.78. The van der Waals surface area contributed by atoms with Gasteiger partial charge in [0.2, 0.25) is 0 Å². The molecule has 0 radical (unpaired) electrons. The lowest BCUT2D eigenvalue weighted by Crippen LogP contribution is -2.11. The van der Waals surface area contributed by atoms with Gasteiger partial charge in [-0.2, -0.15) is 0 Å². The number of fused-ring (bicyclic) bond motifs is 1. The predicted octanol–water partition coefficient (Wildman–Crippen LogP) is 4.37. The maximum Gasteiger partial charge on any atom is 0.124 e. The van der Waals surface area contributed by atoms with Gasteiger partial charge in [-0.25, -0.2) is 0 Å². The maximum atomic E-state index is 5.93. The van der Waals surface area contributed by atoms with Crippen LogP contribution in [0.5, 0.6) is 11.5 Å². The molecular weight excluding hydrogens is 298 g/mol. The van der Waals surface area contributed by atoms with Crippen molar-refractivity contribution in [3.63, 3.8) is 0 Å². The van der Waals surface area contributed by atoms with Crippen LogP contribution < -0.4 is 15.2 Å². The van der Waals surface area contributed by atoms with E-state index in [2.05, 4.69) is 44.2 Å². The third-order valence-corrected chi connectivity index (χ3v) is 4.29. The average molecular weight is 321 g/mol. The molecule has 124 valence electrons. The number of benzene rings is 3. The van der Waals surface area contributed by atoms with Crippen LogP contribution in [-0.4, -0.2) is 13.2 Å². The third kappa shape index (κ3) is 3.52. The minimum Gasteiger partial charge on any atom is -0.490 e. The molecule has 0 aliphatic carbocycles. The number of hydrogen-bond donors (Lipinski definition) is 1. The molecule has 3 rings (SSSR count). The van der Waals surface area contributed by atoms with Crippen molar-refractivity contribution >= 4 is 10.8 Å². The molecule has 0 heterocycles. The minimum atomic E-state index is 0.453. The van der Waals surface area contributed by atoms with Gasteiger partial charge in [0, 0.05) is 12.1 Å². The summed E-state index contributed by atoms with van der Waals surface area (Å²) in [6.07, 6.45) is 0. The fraction of sp³-hybridized carbons (Fsp3) is 0.238. The van der Waals surface area contributed by atoms with Crippen molar-refractivity contribution in [2.45, 2.75) is 20.4 Å². The average Bonchev–Trinajstić information content (AvgIpc) is 2.61. The highest BCUT2D eigenvalue weighted by atomic mass is 16.5. The highest BCUT2D eigenvalue weighted by Crippen LogP contribution is 2.27. The lowest BCUT2D eigenvalue weighted by atomic mass is 10.0. The van der Waals surface area contributed by atoms with Crippen molar-refractivity contribution in [1.82, 2.24) is 0 Å². The molecule has 3 heteroatoms. The Balaban J connectivity index is 1.64. The molecule has 3 aromatic carbocycles. The minimum absolute atomic E-state index is 0.453. The van der Waals surface area contributed by atoms with Crippen LogP contribution in [0.2, 0.25) is 0 Å². The van der Waals surface area contributed by atoms with E-state index in [9.17, 15) is 0 Å². The quantitative estimate of drug-likeness (QED) is 0.686. The van der Waals surface area contributed by atoms with Crippen LogP contribution in [0, 0.1) is 13.8 Å². The molecule has 0 bridgehead atoms. The molecule has 24 heavy (non-hydrogen) atoms. The highest BCUT2D eigenvalue weighted by molar-refractivity contribution is 5.87. The maximum absolute atomic E-state index is 5.93. The van der Waals surface area contributed by atoms with Gasteiger partial charge < -0.3 is 15.2 Å². The van der Waals surface area contributed by atoms with Gasteiger partial charge >= 0.3 is 0 Å². The standard InChI is InChI=1S/C21H23NO2/c1-15-7-9-18(13-16(15)2)23-11-12-24-21-10-8-17-5-3-4-6-19(17)20(21)14-22/h3-10,13H,11-12,14,22H2,1-2H3. The Bertz CT molecular complexity index is 842. The van der Waals surface area contributed by atoms with Gasteiger partial charge in [-0.15, -0.1) is 0 Å². The third-order valence-electron chi connectivity index (χ3n) is 4.29. The highest BCUT2D eigenvalue weighted by Gasteiger charge is 2.07. The van der Waals surface area contributed by atoms with E-state index < -0.39 is 0 Å². The molecule has 0 fully saturated rings. The summed E-state index contributed by atoms with van der Waals surface area (Å²) >= 11 is 0. The number of nitrogens with two attached hydrogens (primary N) is 1. The Morgan fingerprint density at radius 1 is 0.833 bits per heavy atom. The summed E-state index contributed by atoms with van der Waals surface area (Å²) in [5.41, 5.74) is 9.47. The van der Waals surface area contributed by atoms with E-state index in [0.717, 1.165) is 22.4 Å². The number of ether oxygens (including phenoxy) is 2. The molecule has 0 aliphatic heterocycles. The molecule has 0 unspecified atom stereocenters. The molecule has 3 aromatic rings. The zero-order valence-electron chi connectivity index (χ0n) is 14.2. The molecule has 0 amide bonds. The first-order valence-corrected chi connectivity index (χ1v) is 8.22. The topological polar surface area (TPSA) is 44.5 Å². The van der Waals surface area contributed by atoms with Gasteiger partial charge in [-0.3, -0.25) is 0 Å². The summed E-state index contributed by atoms with van der Waals surface area (Å²) in [5, 5.41) is 2.32. The number of aryl methyl sites for hydroxylation is 2. The molecule has 0 aliphatic rings. The first kappa shape index (κ1) is 16.3. The summed E-state index contributed by atoms with van der Waals surface area (Å²) < 4.78 is 11.7. The lowest BCUT2D eigenvalue weighted by molar-refractivity contribution is 0.216. The Labute approximate surface area is 143 Å². The van der Waals surface area contributed by atoms with E-state index >= 15 is 0 Å². The van der Waals surface area contributed by atoms with E-state index in [-0.39, 0.29) is 0 Å². The molecule has 0 aromatic heterocycles. The van der Waals surface area contributed by atoms with Gasteiger partial charge in [0.25, 0.3) is 0 Å². The zero-order chi connectivity index (χ0) is 16.9. The number of hydrogen-bond acceptors (Lipinski definition) is 3. The van der Waals surface area contributed by atoms with Crippen molar-refractivity contribution in [2.75, 3.05) is 13.2 Å². The molecule has 2 N–H and O–H groups in total. The molecule has 0 saturated heterocycles. The second kappa shape index (κ2) is 7.37. The summed E-state index contributed by atoms with van der Waals surface area (Å²) in [5.74, 6) is 1.71. The van der Waals surface area contributed by atoms with Gasteiger partial charge in [-0.05, 0) is 53.9 Å². The summed E-state index contributed by atoms with van der Waals surface area (Å²) in [6.45, 7) is 5.61. The van der Waals surface area contributed by atoms with Crippen LogP contribution >= 0.6 is 0 Å². The fourth-order valence-electron chi connectivity index (χ4n) is 2.78. The van der Waals surface area contributed by atoms with Crippen LogP contribution in [0.1, 0.15) is 16.7 Å². The Kier molecular flexibility index (Phi) is 5.02. The van der Waals surface area contributed by atoms with Crippen molar-refractivity contribution < 1.29 is 9.47 Å². The summed E-state index contributed by atoms with van der Waals surface area (Å²) in [6, 6.07) is 18.4. The summed E-state index contributed by atoms with van der Waals surface area (Å²) in [7, 11) is 0. The van der Waals surface area contributed by atoms with Crippen molar-refractivity contribution in [1.29, 1.82) is 0 Å². The smallest absolute Gasteiger partial charge is 0.124 e. The molecule has 0 saturated carbocycles. The van der Waals surface area contributed by atoms with Crippen molar-refractivity contribution in [2.24, 2.45) is 5.73 Å². The normalized spacial score (nSPS) is 10.8. The van der Waals surface area contributed by atoms with Gasteiger partial charge in [0.05, 0.1) is 0 Å². The first-order chi connectivity index (χ1) is 11.7. The van der Waals surface area contributed by atoms with E-state index in [0.29, 0.717) is 19.8 Å². The van der Waals surface area contributed by atoms with Crippen LogP contribution in [0.15, 0.2) is 54.6 Å². The summed E-state index contributed by atoms with van der Waals surface area (Å²) in [4.78, 5) is 0. The number of rotatable bonds is 6. The SMILES string of the molecule is Cc1ccc(OCCOc2ccc3ccccc3c2CN)cc1C. The van der Waals surface area contributed by atoms with E-state index in [1.54, 1.807) is 0 Å². The van der Waals surface area contributed by atoms with Gasteiger partial charge in [0.1, 0.15) is 24.7 Å². The van der Waals surface area contributed by atoms with E-state index in [1.807, 2.05) is 24.3 Å². The lowest BCUT2D eigenvalue weighted by Gasteiger charge is -2.14. The van der Waals surface area contributed by atoms with Crippen LogP contribution in [0.3, 0.4) is 0 Å². The van der Waals surface area contributed by atoms with Crippen LogP contribution in [0.25, 0.3) is 10.8 Å². The first-order valence-electron chi connectivity index (χ1n) is 8.22. The van der Waals surface area contributed by atoms with E-state index in [1.165, 1.54) is 16.5 Å².